The van der Waals surface area contributed by atoms with Gasteiger partial charge in [0.2, 0.25) is 0 Å². The molecule has 21 heavy (non-hydrogen) atoms. The zero-order chi connectivity index (χ0) is 14.3. The van der Waals surface area contributed by atoms with Crippen LogP contribution in [0.4, 0.5) is 5.82 Å². The molecule has 1 aliphatic rings. The molecular weight excluding hydrogens is 260 g/mol. The molecule has 0 amide bonds. The molecule has 1 aromatic carbocycles. The Balaban J connectivity index is 1.50. The summed E-state index contributed by atoms with van der Waals surface area (Å²) in [4.78, 5) is 0. The van der Waals surface area contributed by atoms with Crippen molar-refractivity contribution in [2.24, 2.45) is 0 Å². The van der Waals surface area contributed by atoms with E-state index in [-0.39, 0.29) is 0 Å². The molecule has 0 bridgehead atoms. The van der Waals surface area contributed by atoms with Crippen molar-refractivity contribution in [3.63, 3.8) is 0 Å². The van der Waals surface area contributed by atoms with Crippen LogP contribution in [-0.4, -0.2) is 29.3 Å². The van der Waals surface area contributed by atoms with Gasteiger partial charge < -0.3 is 10.6 Å². The lowest BCUT2D eigenvalue weighted by Crippen LogP contribution is -2.32. The van der Waals surface area contributed by atoms with Crippen LogP contribution in [-0.2, 0) is 0 Å². The average Bonchev–Trinajstić information content (AvgIpc) is 2.80. The molecule has 0 aliphatic heterocycles. The molecule has 0 spiro atoms. The van der Waals surface area contributed by atoms with E-state index in [0.717, 1.165) is 29.7 Å². The first kappa shape index (κ1) is 14.3. The summed E-state index contributed by atoms with van der Waals surface area (Å²) in [6, 6.07) is 8.93. The van der Waals surface area contributed by atoms with Gasteiger partial charge in [0.25, 0.3) is 0 Å². The SMILES string of the molecule is c1ccc2c(NCCNC3CCCCCC3)nncc2c1. The van der Waals surface area contributed by atoms with Gasteiger partial charge in [0, 0.05) is 29.9 Å². The van der Waals surface area contributed by atoms with Crippen LogP contribution in [0.1, 0.15) is 38.5 Å². The summed E-state index contributed by atoms with van der Waals surface area (Å²) < 4.78 is 0. The van der Waals surface area contributed by atoms with Crippen LogP contribution < -0.4 is 10.6 Å². The van der Waals surface area contributed by atoms with Crippen LogP contribution in [0.2, 0.25) is 0 Å². The van der Waals surface area contributed by atoms with Crippen LogP contribution in [0.5, 0.6) is 0 Å². The predicted octanol–water partition coefficient (Wildman–Crippen LogP) is 3.35. The largest absolute Gasteiger partial charge is 0.367 e. The molecule has 112 valence electrons. The lowest BCUT2D eigenvalue weighted by atomic mass is 10.1. The summed E-state index contributed by atoms with van der Waals surface area (Å²) >= 11 is 0. The monoisotopic (exact) mass is 284 g/mol. The maximum atomic E-state index is 4.22. The zero-order valence-electron chi connectivity index (χ0n) is 12.5. The fourth-order valence-corrected chi connectivity index (χ4v) is 3.10. The van der Waals surface area contributed by atoms with E-state index in [2.05, 4.69) is 33.0 Å². The number of hydrogen-bond acceptors (Lipinski definition) is 4. The van der Waals surface area contributed by atoms with Gasteiger partial charge in [-0.2, -0.15) is 5.10 Å². The van der Waals surface area contributed by atoms with Crippen molar-refractivity contribution in [1.29, 1.82) is 0 Å². The standard InChI is InChI=1S/C17H24N4/c1-2-4-9-15(8-3-1)18-11-12-19-17-16-10-6-5-7-14(16)13-20-21-17/h5-7,10,13,15,18H,1-4,8-9,11-12H2,(H,19,21). The van der Waals surface area contributed by atoms with Gasteiger partial charge in [-0.15, -0.1) is 5.10 Å². The fraction of sp³-hybridized carbons (Fsp3) is 0.529. The van der Waals surface area contributed by atoms with Crippen LogP contribution in [0.25, 0.3) is 10.8 Å². The van der Waals surface area contributed by atoms with Gasteiger partial charge >= 0.3 is 0 Å². The molecule has 2 N–H and O–H groups in total. The Hall–Kier alpha value is -1.68. The van der Waals surface area contributed by atoms with Crippen LogP contribution >= 0.6 is 0 Å². The van der Waals surface area contributed by atoms with Crippen molar-refractivity contribution in [2.75, 3.05) is 18.4 Å². The van der Waals surface area contributed by atoms with E-state index in [1.807, 2.05) is 18.3 Å². The highest BCUT2D eigenvalue weighted by molar-refractivity contribution is 5.90. The van der Waals surface area contributed by atoms with E-state index >= 15 is 0 Å². The minimum absolute atomic E-state index is 0.702. The maximum Gasteiger partial charge on any atom is 0.156 e. The number of fused-ring (bicyclic) bond motifs is 1. The first-order valence-electron chi connectivity index (χ1n) is 8.11. The number of hydrogen-bond donors (Lipinski definition) is 2. The highest BCUT2D eigenvalue weighted by atomic mass is 15.2. The molecule has 0 radical (unpaired) electrons. The molecule has 4 heteroatoms. The van der Waals surface area contributed by atoms with E-state index in [1.165, 1.54) is 38.5 Å². The van der Waals surface area contributed by atoms with Gasteiger partial charge in [0.15, 0.2) is 5.82 Å². The quantitative estimate of drug-likeness (QED) is 0.653. The van der Waals surface area contributed by atoms with E-state index in [9.17, 15) is 0 Å². The number of rotatable bonds is 5. The molecule has 1 aliphatic carbocycles. The Morgan fingerprint density at radius 3 is 2.67 bits per heavy atom. The molecule has 1 saturated carbocycles. The van der Waals surface area contributed by atoms with Crippen molar-refractivity contribution in [1.82, 2.24) is 15.5 Å². The van der Waals surface area contributed by atoms with Gasteiger partial charge in [-0.1, -0.05) is 49.9 Å². The first-order valence-corrected chi connectivity index (χ1v) is 8.11. The number of benzene rings is 1. The molecule has 1 heterocycles. The Morgan fingerprint density at radius 1 is 1.00 bits per heavy atom. The van der Waals surface area contributed by atoms with Crippen molar-refractivity contribution in [3.05, 3.63) is 30.5 Å². The number of anilines is 1. The van der Waals surface area contributed by atoms with Gasteiger partial charge in [-0.05, 0) is 12.8 Å². The first-order chi connectivity index (χ1) is 10.4. The number of nitrogens with zero attached hydrogens (tertiary/aromatic N) is 2. The summed E-state index contributed by atoms with van der Waals surface area (Å²) in [5.74, 6) is 0.885. The summed E-state index contributed by atoms with van der Waals surface area (Å²) in [6.45, 7) is 1.87. The van der Waals surface area contributed by atoms with Gasteiger partial charge in [-0.25, -0.2) is 0 Å². The maximum absolute atomic E-state index is 4.22. The molecule has 4 nitrogen and oxygen atoms in total. The molecule has 1 aromatic heterocycles. The molecular formula is C17H24N4. The third-order valence-electron chi connectivity index (χ3n) is 4.28. The highest BCUT2D eigenvalue weighted by Gasteiger charge is 2.10. The lowest BCUT2D eigenvalue weighted by molar-refractivity contribution is 0.468. The normalized spacial score (nSPS) is 16.8. The summed E-state index contributed by atoms with van der Waals surface area (Å²) in [5, 5.41) is 17.6. The third-order valence-corrected chi connectivity index (χ3v) is 4.28. The molecule has 0 atom stereocenters. The summed E-state index contributed by atoms with van der Waals surface area (Å²) in [5.41, 5.74) is 0. The predicted molar refractivity (Wildman–Crippen MR) is 87.5 cm³/mol. The summed E-state index contributed by atoms with van der Waals surface area (Å²) in [7, 11) is 0. The smallest absolute Gasteiger partial charge is 0.156 e. The van der Waals surface area contributed by atoms with Crippen LogP contribution in [0.15, 0.2) is 30.5 Å². The number of nitrogens with one attached hydrogen (secondary N) is 2. The Kier molecular flexibility index (Phi) is 5.00. The highest BCUT2D eigenvalue weighted by Crippen LogP contribution is 2.19. The second-order valence-electron chi connectivity index (χ2n) is 5.85. The van der Waals surface area contributed by atoms with E-state index < -0.39 is 0 Å². The molecule has 1 fully saturated rings. The van der Waals surface area contributed by atoms with Crippen molar-refractivity contribution >= 4 is 16.6 Å². The van der Waals surface area contributed by atoms with Crippen molar-refractivity contribution in [2.45, 2.75) is 44.6 Å². The number of aromatic nitrogens is 2. The van der Waals surface area contributed by atoms with E-state index in [1.54, 1.807) is 0 Å². The van der Waals surface area contributed by atoms with Gasteiger partial charge in [0.1, 0.15) is 0 Å². The van der Waals surface area contributed by atoms with E-state index in [4.69, 9.17) is 0 Å². The molecule has 0 saturated heterocycles. The Morgan fingerprint density at radius 2 is 1.81 bits per heavy atom. The average molecular weight is 284 g/mol. The topological polar surface area (TPSA) is 49.8 Å². The lowest BCUT2D eigenvalue weighted by Gasteiger charge is -2.16. The van der Waals surface area contributed by atoms with Gasteiger partial charge in [-0.3, -0.25) is 0 Å². The molecule has 0 unspecified atom stereocenters. The van der Waals surface area contributed by atoms with Crippen LogP contribution in [0, 0.1) is 0 Å². The molecule has 2 aromatic rings. The minimum Gasteiger partial charge on any atom is -0.367 e. The van der Waals surface area contributed by atoms with Gasteiger partial charge in [0.05, 0.1) is 6.20 Å². The summed E-state index contributed by atoms with van der Waals surface area (Å²) in [6.07, 6.45) is 10.0. The second kappa shape index (κ2) is 7.36. The fourth-order valence-electron chi connectivity index (χ4n) is 3.10. The minimum atomic E-state index is 0.702. The second-order valence-corrected chi connectivity index (χ2v) is 5.85. The Labute approximate surface area is 126 Å². The molecule has 3 rings (SSSR count). The van der Waals surface area contributed by atoms with Crippen LogP contribution in [0.3, 0.4) is 0 Å². The van der Waals surface area contributed by atoms with Crippen molar-refractivity contribution < 1.29 is 0 Å². The third kappa shape index (κ3) is 3.91. The zero-order valence-corrected chi connectivity index (χ0v) is 12.5. The van der Waals surface area contributed by atoms with Crippen molar-refractivity contribution in [3.8, 4) is 0 Å². The Bertz CT molecular complexity index is 556. The van der Waals surface area contributed by atoms with E-state index in [0.29, 0.717) is 6.04 Å².